The SMILES string of the molecule is Cc1nc(NC23CCC(NC(=O)c4ncco4)(CC2)C3)nc2ccc(-c3ccnc4c3OCCO4)c(F)c12. The molecule has 0 atom stereocenters. The highest BCUT2D eigenvalue weighted by Gasteiger charge is 2.55. The second kappa shape index (κ2) is 8.37. The van der Waals surface area contributed by atoms with E-state index in [0.29, 0.717) is 58.5 Å². The lowest BCUT2D eigenvalue weighted by molar-refractivity contribution is 0.0865. The van der Waals surface area contributed by atoms with Crippen LogP contribution in [0.3, 0.4) is 0 Å². The smallest absolute Gasteiger partial charge is 0.307 e. The third-order valence-corrected chi connectivity index (χ3v) is 7.94. The van der Waals surface area contributed by atoms with E-state index in [-0.39, 0.29) is 22.9 Å². The van der Waals surface area contributed by atoms with Gasteiger partial charge < -0.3 is 24.5 Å². The first kappa shape index (κ1) is 22.9. The van der Waals surface area contributed by atoms with E-state index in [1.807, 2.05) is 0 Å². The van der Waals surface area contributed by atoms with Crippen LogP contribution in [0, 0.1) is 12.7 Å². The number of halogens is 1. The number of nitrogens with one attached hydrogen (secondary N) is 2. The van der Waals surface area contributed by atoms with E-state index in [4.69, 9.17) is 13.9 Å². The van der Waals surface area contributed by atoms with Crippen LogP contribution >= 0.6 is 0 Å². The highest BCUT2D eigenvalue weighted by atomic mass is 19.1. The molecule has 4 heterocycles. The minimum atomic E-state index is -0.415. The van der Waals surface area contributed by atoms with Gasteiger partial charge in [-0.3, -0.25) is 4.79 Å². The molecule has 3 aliphatic rings. The largest absolute Gasteiger partial charge is 0.484 e. The van der Waals surface area contributed by atoms with Crippen molar-refractivity contribution < 1.29 is 23.1 Å². The summed E-state index contributed by atoms with van der Waals surface area (Å²) in [5, 5.41) is 7.04. The monoisotopic (exact) mass is 516 g/mol. The first-order chi connectivity index (χ1) is 18.4. The average Bonchev–Trinajstić information content (AvgIpc) is 3.65. The fourth-order valence-corrected chi connectivity index (χ4v) is 6.20. The third kappa shape index (κ3) is 3.64. The first-order valence-corrected chi connectivity index (χ1v) is 12.7. The maximum absolute atomic E-state index is 15.9. The van der Waals surface area contributed by atoms with Gasteiger partial charge in [-0.05, 0) is 57.2 Å². The molecule has 3 aromatic heterocycles. The molecule has 2 aliphatic carbocycles. The van der Waals surface area contributed by atoms with E-state index in [1.165, 1.54) is 12.5 Å². The summed E-state index contributed by atoms with van der Waals surface area (Å²) in [6.45, 7) is 2.57. The summed E-state index contributed by atoms with van der Waals surface area (Å²) in [6.07, 6.45) is 8.57. The number of hydrogen-bond donors (Lipinski definition) is 2. The Kier molecular flexibility index (Phi) is 5.04. The van der Waals surface area contributed by atoms with Gasteiger partial charge in [0.25, 0.3) is 11.8 Å². The summed E-state index contributed by atoms with van der Waals surface area (Å²) in [5.74, 6) is 0.607. The zero-order valence-electron chi connectivity index (χ0n) is 20.7. The summed E-state index contributed by atoms with van der Waals surface area (Å²) < 4.78 is 32.4. The Balaban J connectivity index is 1.16. The number of oxazole rings is 1. The Labute approximate surface area is 217 Å². The molecule has 2 fully saturated rings. The van der Waals surface area contributed by atoms with Crippen molar-refractivity contribution in [1.82, 2.24) is 25.3 Å². The molecule has 1 amide bonds. The number of ether oxygens (including phenoxy) is 2. The molecule has 38 heavy (non-hydrogen) atoms. The normalized spacial score (nSPS) is 23.5. The summed E-state index contributed by atoms with van der Waals surface area (Å²) in [6, 6.07) is 5.22. The molecule has 2 saturated carbocycles. The number of rotatable bonds is 5. The van der Waals surface area contributed by atoms with Crippen molar-refractivity contribution in [2.24, 2.45) is 0 Å². The predicted molar refractivity (Wildman–Crippen MR) is 135 cm³/mol. The fourth-order valence-electron chi connectivity index (χ4n) is 6.20. The van der Waals surface area contributed by atoms with Crippen molar-refractivity contribution in [2.75, 3.05) is 18.5 Å². The highest BCUT2D eigenvalue weighted by Crippen LogP contribution is 2.52. The second-order valence-corrected chi connectivity index (χ2v) is 10.3. The van der Waals surface area contributed by atoms with Crippen molar-refractivity contribution in [1.29, 1.82) is 0 Å². The van der Waals surface area contributed by atoms with Crippen LogP contribution in [-0.4, -0.2) is 50.1 Å². The van der Waals surface area contributed by atoms with Crippen molar-refractivity contribution in [3.05, 3.63) is 54.3 Å². The molecule has 0 radical (unpaired) electrons. The van der Waals surface area contributed by atoms with E-state index in [0.717, 1.165) is 32.1 Å². The van der Waals surface area contributed by atoms with Crippen molar-refractivity contribution in [3.63, 3.8) is 0 Å². The molecular formula is C27H25FN6O4. The molecule has 11 heteroatoms. The van der Waals surface area contributed by atoms with Crippen LogP contribution in [0.1, 0.15) is 48.5 Å². The number of nitrogens with zero attached hydrogens (tertiary/aromatic N) is 4. The average molecular weight is 517 g/mol. The van der Waals surface area contributed by atoms with Gasteiger partial charge in [0, 0.05) is 28.4 Å². The van der Waals surface area contributed by atoms with Gasteiger partial charge in [-0.15, -0.1) is 0 Å². The maximum atomic E-state index is 15.9. The van der Waals surface area contributed by atoms with Crippen LogP contribution in [0.25, 0.3) is 22.0 Å². The molecule has 4 aromatic rings. The van der Waals surface area contributed by atoms with E-state index < -0.39 is 5.82 Å². The standard InChI is InChI=1S/C27H25FN6O4/c1-15-19-18(3-2-16(20(19)28)17-4-9-29-23-21(17)36-12-13-38-23)32-25(31-15)34-27-7-5-26(14-27,6-8-27)33-22(35)24-30-10-11-37-24/h2-4,9-11H,5-8,12-14H2,1H3,(H,33,35)(H,31,32,34). The van der Waals surface area contributed by atoms with Crippen LogP contribution in [0.2, 0.25) is 0 Å². The molecule has 7 rings (SSSR count). The summed E-state index contributed by atoms with van der Waals surface area (Å²) in [5.41, 5.74) is 1.45. The van der Waals surface area contributed by atoms with Crippen molar-refractivity contribution in [2.45, 2.75) is 50.1 Å². The Morgan fingerprint density at radius 3 is 2.61 bits per heavy atom. The van der Waals surface area contributed by atoms with E-state index in [2.05, 4.69) is 30.6 Å². The molecule has 2 bridgehead atoms. The molecule has 1 aromatic carbocycles. The molecule has 1 aliphatic heterocycles. The van der Waals surface area contributed by atoms with Gasteiger partial charge in [0.1, 0.15) is 25.3 Å². The van der Waals surface area contributed by atoms with Crippen LogP contribution < -0.4 is 20.1 Å². The Morgan fingerprint density at radius 1 is 0.974 bits per heavy atom. The number of carbonyl (C=O) groups is 1. The quantitative estimate of drug-likeness (QED) is 0.402. The van der Waals surface area contributed by atoms with E-state index >= 15 is 4.39 Å². The number of carbonyl (C=O) groups excluding carboxylic acids is 1. The third-order valence-electron chi connectivity index (χ3n) is 7.94. The molecule has 0 saturated heterocycles. The zero-order valence-corrected chi connectivity index (χ0v) is 20.7. The minimum absolute atomic E-state index is 0.0676. The number of fused-ring (bicyclic) bond motifs is 4. The van der Waals surface area contributed by atoms with E-state index in [9.17, 15) is 4.79 Å². The van der Waals surface area contributed by atoms with Crippen LogP contribution in [-0.2, 0) is 0 Å². The van der Waals surface area contributed by atoms with Gasteiger partial charge in [0.05, 0.1) is 22.8 Å². The number of amides is 1. The van der Waals surface area contributed by atoms with Gasteiger partial charge in [0.15, 0.2) is 5.75 Å². The number of aryl methyl sites for hydroxylation is 1. The van der Waals surface area contributed by atoms with Crippen LogP contribution in [0.15, 0.2) is 41.3 Å². The first-order valence-electron chi connectivity index (χ1n) is 12.7. The zero-order chi connectivity index (χ0) is 25.9. The number of hydrogen-bond acceptors (Lipinski definition) is 9. The summed E-state index contributed by atoms with van der Waals surface area (Å²) in [7, 11) is 0. The van der Waals surface area contributed by atoms with Gasteiger partial charge in [-0.25, -0.2) is 24.3 Å². The van der Waals surface area contributed by atoms with E-state index in [1.54, 1.807) is 31.3 Å². The second-order valence-electron chi connectivity index (χ2n) is 10.3. The number of anilines is 1. The predicted octanol–water partition coefficient (Wildman–Crippen LogP) is 4.20. The van der Waals surface area contributed by atoms with Crippen molar-refractivity contribution in [3.8, 4) is 22.8 Å². The molecule has 0 spiro atoms. The molecular weight excluding hydrogens is 491 g/mol. The number of pyridine rings is 1. The maximum Gasteiger partial charge on any atom is 0.307 e. The lowest BCUT2D eigenvalue weighted by Gasteiger charge is -2.29. The highest BCUT2D eigenvalue weighted by molar-refractivity contribution is 5.90. The molecule has 10 nitrogen and oxygen atoms in total. The van der Waals surface area contributed by atoms with Gasteiger partial charge >= 0.3 is 5.91 Å². The number of aromatic nitrogens is 4. The fraction of sp³-hybridized carbons (Fsp3) is 0.370. The lowest BCUT2D eigenvalue weighted by atomic mass is 9.91. The molecule has 0 unspecified atom stereocenters. The summed E-state index contributed by atoms with van der Waals surface area (Å²) >= 11 is 0. The summed E-state index contributed by atoms with van der Waals surface area (Å²) in [4.78, 5) is 30.0. The lowest BCUT2D eigenvalue weighted by Crippen LogP contribution is -2.45. The van der Waals surface area contributed by atoms with Gasteiger partial charge in [0.2, 0.25) is 5.95 Å². The Bertz CT molecular complexity index is 1570. The van der Waals surface area contributed by atoms with Crippen LogP contribution in [0.4, 0.5) is 10.3 Å². The topological polar surface area (TPSA) is 124 Å². The van der Waals surface area contributed by atoms with Gasteiger partial charge in [-0.2, -0.15) is 0 Å². The Morgan fingerprint density at radius 2 is 1.79 bits per heavy atom. The van der Waals surface area contributed by atoms with Crippen LogP contribution in [0.5, 0.6) is 11.6 Å². The Hall–Kier alpha value is -4.28. The van der Waals surface area contributed by atoms with Crippen molar-refractivity contribution >= 4 is 22.8 Å². The van der Waals surface area contributed by atoms with Gasteiger partial charge in [-0.1, -0.05) is 0 Å². The minimum Gasteiger partial charge on any atom is -0.484 e. The molecule has 2 N–H and O–H groups in total. The molecule has 194 valence electrons. The number of benzene rings is 1.